The molecule has 2 N–H and O–H groups in total. The first kappa shape index (κ1) is 14.4. The lowest BCUT2D eigenvalue weighted by Gasteiger charge is -2.34. The number of hydrogen-bond acceptors (Lipinski definition) is 3. The van der Waals surface area contributed by atoms with Crippen LogP contribution in [0.4, 0.5) is 5.69 Å². The Morgan fingerprint density at radius 1 is 1.05 bits per heavy atom. The maximum Gasteiger partial charge on any atom is 0.118 e. The number of benzene rings is 2. The van der Waals surface area contributed by atoms with Crippen molar-refractivity contribution < 1.29 is 9.84 Å². The van der Waals surface area contributed by atoms with E-state index in [4.69, 9.17) is 4.74 Å². The highest BCUT2D eigenvalue weighted by Gasteiger charge is 2.29. The lowest BCUT2D eigenvalue weighted by Crippen LogP contribution is -2.38. The molecule has 3 nitrogen and oxygen atoms in total. The van der Waals surface area contributed by atoms with E-state index in [1.54, 1.807) is 7.11 Å². The van der Waals surface area contributed by atoms with Crippen molar-refractivity contribution in [1.29, 1.82) is 0 Å². The van der Waals surface area contributed by atoms with E-state index in [0.717, 1.165) is 23.4 Å². The fraction of sp³-hybridized carbons (Fsp3) is 0.294. The molecule has 1 atom stereocenters. The van der Waals surface area contributed by atoms with Crippen LogP contribution >= 0.6 is 0 Å². The first-order chi connectivity index (χ1) is 9.74. The molecule has 2 rings (SSSR count). The van der Waals surface area contributed by atoms with Gasteiger partial charge in [-0.25, -0.2) is 0 Å². The van der Waals surface area contributed by atoms with Crippen molar-refractivity contribution in [2.45, 2.75) is 18.9 Å². The Balaban J connectivity index is 2.32. The maximum absolute atomic E-state index is 9.92. The van der Waals surface area contributed by atoms with Gasteiger partial charge in [0.15, 0.2) is 0 Å². The topological polar surface area (TPSA) is 41.5 Å². The molecule has 0 bridgehead atoms. The van der Waals surface area contributed by atoms with Crippen molar-refractivity contribution in [2.75, 3.05) is 19.0 Å². The highest BCUT2D eigenvalue weighted by atomic mass is 16.5. The van der Waals surface area contributed by atoms with Gasteiger partial charge in [-0.2, -0.15) is 0 Å². The molecule has 0 aromatic heterocycles. The molecule has 3 heteroatoms. The zero-order chi connectivity index (χ0) is 14.4. The molecule has 0 aliphatic rings. The van der Waals surface area contributed by atoms with E-state index in [2.05, 4.69) is 12.2 Å². The molecule has 0 aliphatic heterocycles. The second-order valence-corrected chi connectivity index (χ2v) is 4.81. The summed E-state index contributed by atoms with van der Waals surface area (Å²) < 4.78 is 5.18. The van der Waals surface area contributed by atoms with Crippen molar-refractivity contribution in [3.05, 3.63) is 60.2 Å². The molecule has 0 heterocycles. The van der Waals surface area contributed by atoms with E-state index in [9.17, 15) is 5.11 Å². The Hall–Kier alpha value is -2.00. The number of methoxy groups -OCH3 is 1. The van der Waals surface area contributed by atoms with Gasteiger partial charge in [-0.3, -0.25) is 0 Å². The van der Waals surface area contributed by atoms with Crippen LogP contribution < -0.4 is 10.1 Å². The average molecular weight is 271 g/mol. The van der Waals surface area contributed by atoms with Gasteiger partial charge < -0.3 is 15.2 Å². The van der Waals surface area contributed by atoms with Gasteiger partial charge >= 0.3 is 0 Å². The van der Waals surface area contributed by atoms with Gasteiger partial charge in [0.1, 0.15) is 5.75 Å². The van der Waals surface area contributed by atoms with E-state index < -0.39 is 5.54 Å². The second kappa shape index (κ2) is 6.44. The molecular formula is C17H21NO2. The minimum absolute atomic E-state index is 0.0325. The van der Waals surface area contributed by atoms with Crippen molar-refractivity contribution in [2.24, 2.45) is 0 Å². The largest absolute Gasteiger partial charge is 0.497 e. The lowest BCUT2D eigenvalue weighted by molar-refractivity contribution is 0.207. The number of rotatable bonds is 6. The van der Waals surface area contributed by atoms with Crippen LogP contribution in [0.25, 0.3) is 0 Å². The summed E-state index contributed by atoms with van der Waals surface area (Å²) >= 11 is 0. The summed E-state index contributed by atoms with van der Waals surface area (Å²) in [4.78, 5) is 0. The van der Waals surface area contributed by atoms with Gasteiger partial charge in [0, 0.05) is 5.69 Å². The fourth-order valence-corrected chi connectivity index (χ4v) is 2.32. The minimum Gasteiger partial charge on any atom is -0.497 e. The normalized spacial score (nSPS) is 13.6. The summed E-state index contributed by atoms with van der Waals surface area (Å²) in [5.41, 5.74) is 1.57. The molecule has 106 valence electrons. The Bertz CT molecular complexity index is 518. The standard InChI is InChI=1S/C17H21NO2/c1-3-17(13-19,18-15-7-5-4-6-8-15)14-9-11-16(20-2)12-10-14/h4-12,18-19H,3,13H2,1-2H3. The number of aliphatic hydroxyl groups is 1. The SMILES string of the molecule is CCC(CO)(Nc1ccccc1)c1ccc(OC)cc1. The third kappa shape index (κ3) is 2.94. The van der Waals surface area contributed by atoms with Gasteiger partial charge in [-0.05, 0) is 36.2 Å². The summed E-state index contributed by atoms with van der Waals surface area (Å²) in [6.07, 6.45) is 0.782. The molecule has 0 spiro atoms. The van der Waals surface area contributed by atoms with Crippen LogP contribution in [0.3, 0.4) is 0 Å². The monoisotopic (exact) mass is 271 g/mol. The molecule has 0 fully saturated rings. The van der Waals surface area contributed by atoms with E-state index in [-0.39, 0.29) is 6.61 Å². The predicted octanol–water partition coefficient (Wildman–Crippen LogP) is 3.40. The quantitative estimate of drug-likeness (QED) is 0.846. The number of anilines is 1. The maximum atomic E-state index is 9.92. The van der Waals surface area contributed by atoms with Crippen LogP contribution in [0.5, 0.6) is 5.75 Å². The van der Waals surface area contributed by atoms with Crippen LogP contribution in [0.2, 0.25) is 0 Å². The Labute approximate surface area is 120 Å². The van der Waals surface area contributed by atoms with Gasteiger partial charge in [0.2, 0.25) is 0 Å². The van der Waals surface area contributed by atoms with Crippen LogP contribution in [0.1, 0.15) is 18.9 Å². The van der Waals surface area contributed by atoms with Crippen molar-refractivity contribution in [3.8, 4) is 5.75 Å². The molecule has 0 aliphatic carbocycles. The Kier molecular flexibility index (Phi) is 4.64. The highest BCUT2D eigenvalue weighted by Crippen LogP contribution is 2.30. The fourth-order valence-electron chi connectivity index (χ4n) is 2.32. The van der Waals surface area contributed by atoms with Gasteiger partial charge in [-0.15, -0.1) is 0 Å². The van der Waals surface area contributed by atoms with Crippen LogP contribution in [-0.4, -0.2) is 18.8 Å². The summed E-state index contributed by atoms with van der Waals surface area (Å²) in [6.45, 7) is 2.10. The minimum atomic E-state index is -0.479. The third-order valence-electron chi connectivity index (χ3n) is 3.67. The molecule has 0 saturated carbocycles. The van der Waals surface area contributed by atoms with Crippen LogP contribution in [0, 0.1) is 0 Å². The number of para-hydroxylation sites is 1. The van der Waals surface area contributed by atoms with Crippen molar-refractivity contribution in [3.63, 3.8) is 0 Å². The first-order valence-electron chi connectivity index (χ1n) is 6.82. The summed E-state index contributed by atoms with van der Waals surface area (Å²) in [7, 11) is 1.65. The molecule has 2 aromatic carbocycles. The zero-order valence-electron chi connectivity index (χ0n) is 12.0. The van der Waals surface area contributed by atoms with E-state index in [1.807, 2.05) is 54.6 Å². The number of hydrogen-bond donors (Lipinski definition) is 2. The molecule has 1 unspecified atom stereocenters. The molecule has 2 aromatic rings. The van der Waals surface area contributed by atoms with Crippen molar-refractivity contribution >= 4 is 5.69 Å². The zero-order valence-corrected chi connectivity index (χ0v) is 12.0. The van der Waals surface area contributed by atoms with E-state index in [0.29, 0.717) is 0 Å². The highest BCUT2D eigenvalue weighted by molar-refractivity contribution is 5.48. The first-order valence-corrected chi connectivity index (χ1v) is 6.82. The molecule has 0 amide bonds. The Morgan fingerprint density at radius 2 is 1.70 bits per heavy atom. The number of aliphatic hydroxyl groups excluding tert-OH is 1. The second-order valence-electron chi connectivity index (χ2n) is 4.81. The summed E-state index contributed by atoms with van der Waals surface area (Å²) in [5.74, 6) is 0.816. The smallest absolute Gasteiger partial charge is 0.118 e. The number of ether oxygens (including phenoxy) is 1. The number of nitrogens with one attached hydrogen (secondary N) is 1. The summed E-state index contributed by atoms with van der Waals surface area (Å²) in [6, 6.07) is 17.8. The predicted molar refractivity (Wildman–Crippen MR) is 82.1 cm³/mol. The molecule has 0 saturated heterocycles. The van der Waals surface area contributed by atoms with Gasteiger partial charge in [-0.1, -0.05) is 37.3 Å². The average Bonchev–Trinajstić information content (AvgIpc) is 2.54. The van der Waals surface area contributed by atoms with Crippen molar-refractivity contribution in [1.82, 2.24) is 0 Å². The molecule has 0 radical (unpaired) electrons. The van der Waals surface area contributed by atoms with Gasteiger partial charge in [0.05, 0.1) is 19.3 Å². The summed E-state index contributed by atoms with van der Waals surface area (Å²) in [5, 5.41) is 13.4. The Morgan fingerprint density at radius 3 is 2.20 bits per heavy atom. The molecule has 20 heavy (non-hydrogen) atoms. The van der Waals surface area contributed by atoms with Crippen LogP contribution in [-0.2, 0) is 5.54 Å². The lowest BCUT2D eigenvalue weighted by atomic mass is 9.87. The van der Waals surface area contributed by atoms with E-state index in [1.165, 1.54) is 0 Å². The molecular weight excluding hydrogens is 250 g/mol. The van der Waals surface area contributed by atoms with Gasteiger partial charge in [0.25, 0.3) is 0 Å². The third-order valence-corrected chi connectivity index (χ3v) is 3.67. The van der Waals surface area contributed by atoms with E-state index >= 15 is 0 Å². The van der Waals surface area contributed by atoms with Crippen LogP contribution in [0.15, 0.2) is 54.6 Å².